The Bertz CT molecular complexity index is 486. The third kappa shape index (κ3) is 5.24. The van der Waals surface area contributed by atoms with Gasteiger partial charge in [0, 0.05) is 32.2 Å². The van der Waals surface area contributed by atoms with Crippen LogP contribution in [0.5, 0.6) is 0 Å². The van der Waals surface area contributed by atoms with Crippen LogP contribution >= 0.6 is 24.8 Å². The Morgan fingerprint density at radius 1 is 1.09 bits per heavy atom. The molecule has 0 radical (unpaired) electrons. The number of hydrogen-bond donors (Lipinski definition) is 1. The molecule has 1 saturated heterocycles. The van der Waals surface area contributed by atoms with Crippen LogP contribution in [0.4, 0.5) is 13.2 Å². The van der Waals surface area contributed by atoms with Gasteiger partial charge in [0.2, 0.25) is 0 Å². The highest BCUT2D eigenvalue weighted by molar-refractivity contribution is 5.85. The van der Waals surface area contributed by atoms with E-state index in [0.717, 1.165) is 45.4 Å². The summed E-state index contributed by atoms with van der Waals surface area (Å²) < 4.78 is 39.9. The van der Waals surface area contributed by atoms with Gasteiger partial charge >= 0.3 is 6.18 Å². The Morgan fingerprint density at radius 2 is 1.70 bits per heavy atom. The molecule has 7 heteroatoms. The summed E-state index contributed by atoms with van der Waals surface area (Å²) in [7, 11) is 0. The molecule has 1 N–H and O–H groups in total. The predicted octanol–water partition coefficient (Wildman–Crippen LogP) is 4.30. The molecule has 3 rings (SSSR count). The van der Waals surface area contributed by atoms with Crippen LogP contribution in [-0.2, 0) is 6.18 Å². The van der Waals surface area contributed by atoms with E-state index in [4.69, 9.17) is 0 Å². The van der Waals surface area contributed by atoms with Crippen molar-refractivity contribution in [1.29, 1.82) is 0 Å². The summed E-state index contributed by atoms with van der Waals surface area (Å²) in [4.78, 5) is 2.22. The van der Waals surface area contributed by atoms with E-state index >= 15 is 0 Å². The van der Waals surface area contributed by atoms with Gasteiger partial charge in [-0.25, -0.2) is 0 Å². The minimum Gasteiger partial charge on any atom is -0.314 e. The van der Waals surface area contributed by atoms with Gasteiger partial charge < -0.3 is 5.32 Å². The van der Waals surface area contributed by atoms with Crippen molar-refractivity contribution >= 4 is 24.8 Å². The maximum absolute atomic E-state index is 13.3. The van der Waals surface area contributed by atoms with Gasteiger partial charge in [-0.05, 0) is 24.0 Å². The molecule has 0 aromatic heterocycles. The van der Waals surface area contributed by atoms with E-state index in [1.54, 1.807) is 12.1 Å². The summed E-state index contributed by atoms with van der Waals surface area (Å²) in [6.07, 6.45) is -1.09. The van der Waals surface area contributed by atoms with Gasteiger partial charge in [0.25, 0.3) is 0 Å². The lowest BCUT2D eigenvalue weighted by molar-refractivity contribution is -0.138. The lowest BCUT2D eigenvalue weighted by Gasteiger charge is -2.36. The summed E-state index contributed by atoms with van der Waals surface area (Å²) >= 11 is 0. The molecule has 1 atom stereocenters. The van der Waals surface area contributed by atoms with E-state index < -0.39 is 11.7 Å². The fraction of sp³-hybridized carbons (Fsp3) is 0.625. The van der Waals surface area contributed by atoms with Gasteiger partial charge in [0.05, 0.1) is 5.56 Å². The molecule has 2 fully saturated rings. The number of hydrogen-bond acceptors (Lipinski definition) is 2. The summed E-state index contributed by atoms with van der Waals surface area (Å²) in [5.41, 5.74) is -0.00650. The lowest BCUT2D eigenvalue weighted by atomic mass is 9.94. The third-order valence-corrected chi connectivity index (χ3v) is 4.47. The molecule has 1 aromatic carbocycles. The molecule has 0 unspecified atom stereocenters. The molecule has 0 bridgehead atoms. The normalized spacial score (nSPS) is 20.3. The van der Waals surface area contributed by atoms with Gasteiger partial charge in [-0.3, -0.25) is 4.90 Å². The van der Waals surface area contributed by atoms with Crippen LogP contribution in [-0.4, -0.2) is 31.1 Å². The second-order valence-electron chi connectivity index (χ2n) is 6.07. The van der Waals surface area contributed by atoms with E-state index in [1.807, 2.05) is 0 Å². The van der Waals surface area contributed by atoms with Gasteiger partial charge in [-0.1, -0.05) is 31.0 Å². The van der Waals surface area contributed by atoms with Crippen LogP contribution < -0.4 is 5.32 Å². The molecule has 0 amide bonds. The Morgan fingerprint density at radius 3 is 2.26 bits per heavy atom. The van der Waals surface area contributed by atoms with Crippen molar-refractivity contribution < 1.29 is 13.2 Å². The minimum absolute atomic E-state index is 0. The number of nitrogens with zero attached hydrogens (tertiary/aromatic N) is 1. The molecule has 1 heterocycles. The lowest BCUT2D eigenvalue weighted by Crippen LogP contribution is -2.45. The molecule has 23 heavy (non-hydrogen) atoms. The zero-order valence-electron chi connectivity index (χ0n) is 12.8. The average molecular weight is 371 g/mol. The van der Waals surface area contributed by atoms with Crippen molar-refractivity contribution in [3.8, 4) is 0 Å². The zero-order chi connectivity index (χ0) is 14.9. The van der Waals surface area contributed by atoms with E-state index in [1.165, 1.54) is 12.1 Å². The fourth-order valence-electron chi connectivity index (χ4n) is 3.18. The monoisotopic (exact) mass is 370 g/mol. The summed E-state index contributed by atoms with van der Waals surface area (Å²) in [5.74, 6) is 0.603. The molecule has 132 valence electrons. The van der Waals surface area contributed by atoms with Crippen molar-refractivity contribution in [2.75, 3.05) is 26.2 Å². The number of piperazine rings is 1. The van der Waals surface area contributed by atoms with Crippen molar-refractivity contribution in [2.24, 2.45) is 5.92 Å². The summed E-state index contributed by atoms with van der Waals surface area (Å²) in [5, 5.41) is 3.27. The first-order valence-corrected chi connectivity index (χ1v) is 7.66. The standard InChI is InChI=1S/C16H21F3N2.2ClH/c17-16(18,19)14-4-2-1-3-13(14)15(11-12-5-6-12)21-9-7-20-8-10-21;;/h1-4,12,15,20H,5-11H2;2*1H/t15-;;/m1../s1. The Kier molecular flexibility index (Phi) is 7.65. The summed E-state index contributed by atoms with van der Waals surface area (Å²) in [6, 6.07) is 6.00. The van der Waals surface area contributed by atoms with Gasteiger partial charge in [0.15, 0.2) is 0 Å². The highest BCUT2D eigenvalue weighted by Gasteiger charge is 2.38. The largest absolute Gasteiger partial charge is 0.416 e. The number of nitrogens with one attached hydrogen (secondary N) is 1. The van der Waals surface area contributed by atoms with Gasteiger partial charge in [-0.2, -0.15) is 13.2 Å². The first-order valence-electron chi connectivity index (χ1n) is 7.66. The third-order valence-electron chi connectivity index (χ3n) is 4.47. The quantitative estimate of drug-likeness (QED) is 0.849. The Hall–Kier alpha value is -0.490. The van der Waals surface area contributed by atoms with Crippen molar-refractivity contribution in [3.63, 3.8) is 0 Å². The molecule has 1 saturated carbocycles. The maximum Gasteiger partial charge on any atom is 0.416 e. The topological polar surface area (TPSA) is 15.3 Å². The Balaban J connectivity index is 0.00000132. The fourth-order valence-corrected chi connectivity index (χ4v) is 3.18. The van der Waals surface area contributed by atoms with Crippen LogP contribution in [0.3, 0.4) is 0 Å². The number of rotatable bonds is 4. The van der Waals surface area contributed by atoms with Gasteiger partial charge in [0.1, 0.15) is 0 Å². The second kappa shape index (κ2) is 8.56. The Labute approximate surface area is 147 Å². The van der Waals surface area contributed by atoms with E-state index in [-0.39, 0.29) is 30.9 Å². The van der Waals surface area contributed by atoms with Crippen LogP contribution in [0.15, 0.2) is 24.3 Å². The molecule has 0 spiro atoms. The molecular formula is C16H23Cl2F3N2. The van der Waals surface area contributed by atoms with E-state index in [2.05, 4.69) is 10.2 Å². The second-order valence-corrected chi connectivity index (χ2v) is 6.07. The van der Waals surface area contributed by atoms with Crippen LogP contribution in [0, 0.1) is 5.92 Å². The highest BCUT2D eigenvalue weighted by atomic mass is 35.5. The smallest absolute Gasteiger partial charge is 0.314 e. The van der Waals surface area contributed by atoms with Crippen molar-refractivity contribution in [3.05, 3.63) is 35.4 Å². The van der Waals surface area contributed by atoms with Gasteiger partial charge in [-0.15, -0.1) is 24.8 Å². The molecule has 2 nitrogen and oxygen atoms in total. The minimum atomic E-state index is -4.27. The number of halogens is 5. The summed E-state index contributed by atoms with van der Waals surface area (Å²) in [6.45, 7) is 3.36. The van der Waals surface area contributed by atoms with E-state index in [0.29, 0.717) is 11.5 Å². The number of alkyl halides is 3. The van der Waals surface area contributed by atoms with Crippen molar-refractivity contribution in [2.45, 2.75) is 31.5 Å². The van der Waals surface area contributed by atoms with Crippen LogP contribution in [0.2, 0.25) is 0 Å². The first-order chi connectivity index (χ1) is 10.1. The highest BCUT2D eigenvalue weighted by Crippen LogP contribution is 2.43. The molecular weight excluding hydrogens is 348 g/mol. The van der Waals surface area contributed by atoms with Crippen LogP contribution in [0.1, 0.15) is 36.4 Å². The van der Waals surface area contributed by atoms with E-state index in [9.17, 15) is 13.2 Å². The molecule has 1 aliphatic carbocycles. The van der Waals surface area contributed by atoms with Crippen LogP contribution in [0.25, 0.3) is 0 Å². The van der Waals surface area contributed by atoms with Crippen molar-refractivity contribution in [1.82, 2.24) is 10.2 Å². The SMILES string of the molecule is Cl.Cl.FC(F)(F)c1ccccc1[C@@H](CC1CC1)N1CCNCC1. The number of benzene rings is 1. The molecule has 2 aliphatic rings. The molecule has 1 aromatic rings. The zero-order valence-corrected chi connectivity index (χ0v) is 14.4. The maximum atomic E-state index is 13.3. The average Bonchev–Trinajstić information content (AvgIpc) is 3.29. The first kappa shape index (κ1) is 20.6. The predicted molar refractivity (Wildman–Crippen MR) is 90.5 cm³/mol. The molecule has 1 aliphatic heterocycles.